The van der Waals surface area contributed by atoms with Gasteiger partial charge in [0.25, 0.3) is 5.91 Å². The maximum Gasteiger partial charge on any atom is 0.271 e. The van der Waals surface area contributed by atoms with Crippen molar-refractivity contribution in [1.82, 2.24) is 0 Å². The van der Waals surface area contributed by atoms with Gasteiger partial charge in [-0.25, -0.2) is 4.39 Å². The molecule has 110 valence electrons. The van der Waals surface area contributed by atoms with E-state index in [0.717, 1.165) is 11.8 Å². The van der Waals surface area contributed by atoms with Crippen molar-refractivity contribution in [3.63, 3.8) is 0 Å². The first-order valence-electron chi connectivity index (χ1n) is 6.42. The van der Waals surface area contributed by atoms with Crippen LogP contribution in [0.15, 0.2) is 53.4 Å². The number of hydrogen-bond acceptors (Lipinski definition) is 4. The van der Waals surface area contributed by atoms with Gasteiger partial charge in [0, 0.05) is 0 Å². The van der Waals surface area contributed by atoms with Crippen molar-refractivity contribution in [1.29, 1.82) is 5.41 Å². The fourth-order valence-corrected chi connectivity index (χ4v) is 2.94. The van der Waals surface area contributed by atoms with E-state index in [1.165, 1.54) is 35.2 Å². The van der Waals surface area contributed by atoms with Crippen LogP contribution in [-0.4, -0.2) is 16.2 Å². The molecule has 0 atom stereocenters. The van der Waals surface area contributed by atoms with Gasteiger partial charge in [0.2, 0.25) is 0 Å². The molecule has 0 aromatic heterocycles. The summed E-state index contributed by atoms with van der Waals surface area (Å²) >= 11 is 1.03. The van der Waals surface area contributed by atoms with Gasteiger partial charge >= 0.3 is 0 Å². The number of benzene rings is 2. The van der Waals surface area contributed by atoms with Gasteiger partial charge in [-0.05, 0) is 59.8 Å². The number of thioether (sulfide) groups is 1. The zero-order valence-corrected chi connectivity index (χ0v) is 12.1. The topological polar surface area (TPSA) is 64.4 Å². The number of nitrogens with one attached hydrogen (secondary N) is 1. The molecule has 1 amide bonds. The highest BCUT2D eigenvalue weighted by Crippen LogP contribution is 2.35. The molecule has 1 aliphatic rings. The predicted octanol–water partition coefficient (Wildman–Crippen LogP) is 3.59. The van der Waals surface area contributed by atoms with Crippen molar-refractivity contribution in [3.05, 3.63) is 64.8 Å². The zero-order chi connectivity index (χ0) is 15.7. The Bertz CT molecular complexity index is 787. The first kappa shape index (κ1) is 14.3. The summed E-state index contributed by atoms with van der Waals surface area (Å²) in [5.74, 6) is -0.634. The Morgan fingerprint density at radius 3 is 2.59 bits per heavy atom. The predicted molar refractivity (Wildman–Crippen MR) is 85.3 cm³/mol. The number of carbonyl (C=O) groups is 1. The fourth-order valence-electron chi connectivity index (χ4n) is 2.08. The summed E-state index contributed by atoms with van der Waals surface area (Å²) in [4.78, 5) is 14.0. The Labute approximate surface area is 130 Å². The monoisotopic (exact) mass is 314 g/mol. The number of hydrogen-bond donors (Lipinski definition) is 2. The van der Waals surface area contributed by atoms with E-state index >= 15 is 0 Å². The lowest BCUT2D eigenvalue weighted by molar-refractivity contribution is -0.113. The van der Waals surface area contributed by atoms with E-state index in [0.29, 0.717) is 16.2 Å². The Kier molecular flexibility index (Phi) is 3.68. The molecule has 0 bridgehead atoms. The van der Waals surface area contributed by atoms with Crippen LogP contribution in [0.1, 0.15) is 5.56 Å². The van der Waals surface area contributed by atoms with Crippen LogP contribution in [-0.2, 0) is 4.79 Å². The van der Waals surface area contributed by atoms with Crippen molar-refractivity contribution in [3.8, 4) is 5.75 Å². The number of rotatable bonds is 2. The van der Waals surface area contributed by atoms with E-state index in [1.54, 1.807) is 24.3 Å². The van der Waals surface area contributed by atoms with Gasteiger partial charge in [-0.2, -0.15) is 0 Å². The number of carbonyl (C=O) groups excluding carboxylic acids is 1. The van der Waals surface area contributed by atoms with Gasteiger partial charge in [0.1, 0.15) is 11.6 Å². The van der Waals surface area contributed by atoms with E-state index in [2.05, 4.69) is 0 Å². The third kappa shape index (κ3) is 2.73. The Morgan fingerprint density at radius 1 is 1.18 bits per heavy atom. The van der Waals surface area contributed by atoms with E-state index < -0.39 is 5.82 Å². The molecule has 0 radical (unpaired) electrons. The second-order valence-corrected chi connectivity index (χ2v) is 5.66. The molecule has 1 heterocycles. The van der Waals surface area contributed by atoms with E-state index in [-0.39, 0.29) is 16.8 Å². The second-order valence-electron chi connectivity index (χ2n) is 4.63. The molecule has 6 heteroatoms. The van der Waals surface area contributed by atoms with E-state index in [1.807, 2.05) is 0 Å². The fraction of sp³-hybridized carbons (Fsp3) is 0. The minimum atomic E-state index is -0.398. The van der Waals surface area contributed by atoms with E-state index in [9.17, 15) is 14.3 Å². The lowest BCUT2D eigenvalue weighted by Crippen LogP contribution is -2.28. The van der Waals surface area contributed by atoms with Gasteiger partial charge in [-0.15, -0.1) is 0 Å². The average molecular weight is 314 g/mol. The van der Waals surface area contributed by atoms with E-state index in [4.69, 9.17) is 5.41 Å². The summed E-state index contributed by atoms with van der Waals surface area (Å²) < 4.78 is 13.0. The molecule has 22 heavy (non-hydrogen) atoms. The molecule has 0 unspecified atom stereocenters. The van der Waals surface area contributed by atoms with Crippen LogP contribution in [0.2, 0.25) is 0 Å². The van der Waals surface area contributed by atoms with Crippen molar-refractivity contribution >= 4 is 34.6 Å². The van der Waals surface area contributed by atoms with Crippen LogP contribution in [0.3, 0.4) is 0 Å². The largest absolute Gasteiger partial charge is 0.508 e. The maximum atomic E-state index is 13.0. The first-order valence-corrected chi connectivity index (χ1v) is 7.23. The van der Waals surface area contributed by atoms with Gasteiger partial charge in [0.05, 0.1) is 10.6 Å². The second kappa shape index (κ2) is 5.65. The minimum absolute atomic E-state index is 0.0583. The van der Waals surface area contributed by atoms with Crippen LogP contribution < -0.4 is 4.90 Å². The highest BCUT2D eigenvalue weighted by molar-refractivity contribution is 8.19. The Morgan fingerprint density at radius 2 is 1.91 bits per heavy atom. The van der Waals surface area contributed by atoms with Crippen molar-refractivity contribution in [2.45, 2.75) is 0 Å². The molecule has 2 aromatic carbocycles. The van der Waals surface area contributed by atoms with Gasteiger partial charge in [0.15, 0.2) is 5.17 Å². The molecule has 0 aliphatic carbocycles. The van der Waals surface area contributed by atoms with Gasteiger partial charge in [-0.3, -0.25) is 15.1 Å². The molecular weight excluding hydrogens is 303 g/mol. The third-order valence-electron chi connectivity index (χ3n) is 3.08. The molecule has 3 rings (SSSR count). The smallest absolute Gasteiger partial charge is 0.271 e. The Balaban J connectivity index is 1.93. The normalized spacial score (nSPS) is 16.6. The molecule has 1 aliphatic heterocycles. The summed E-state index contributed by atoms with van der Waals surface area (Å²) in [6.07, 6.45) is 1.62. The highest BCUT2D eigenvalue weighted by atomic mass is 32.2. The molecule has 1 saturated heterocycles. The van der Waals surface area contributed by atoms with Crippen molar-refractivity contribution in [2.24, 2.45) is 0 Å². The number of amidine groups is 1. The average Bonchev–Trinajstić information content (AvgIpc) is 2.75. The van der Waals surface area contributed by atoms with Crippen molar-refractivity contribution in [2.75, 3.05) is 4.90 Å². The molecule has 0 spiro atoms. The summed E-state index contributed by atoms with van der Waals surface area (Å²) in [5, 5.41) is 17.5. The Hall–Kier alpha value is -2.60. The summed E-state index contributed by atoms with van der Waals surface area (Å²) in [6.45, 7) is 0. The van der Waals surface area contributed by atoms with Crippen LogP contribution in [0, 0.1) is 11.2 Å². The standard InChI is InChI=1S/C16H11FN2O2S/c17-11-4-6-12(7-5-11)19-15(21)14(22-16(19)18)9-10-2-1-3-13(20)8-10/h1-9,18,20H/b14-9-,18-16?. The molecule has 0 saturated carbocycles. The zero-order valence-electron chi connectivity index (χ0n) is 11.3. The molecule has 2 N–H and O–H groups in total. The maximum absolute atomic E-state index is 13.0. The number of phenols is 1. The number of halogens is 1. The lowest BCUT2D eigenvalue weighted by atomic mass is 10.2. The quantitative estimate of drug-likeness (QED) is 0.833. The molecule has 1 fully saturated rings. The number of phenolic OH excluding ortho intramolecular Hbond substituents is 1. The van der Waals surface area contributed by atoms with Gasteiger partial charge in [-0.1, -0.05) is 12.1 Å². The highest BCUT2D eigenvalue weighted by Gasteiger charge is 2.33. The van der Waals surface area contributed by atoms with Crippen LogP contribution in [0.5, 0.6) is 5.75 Å². The van der Waals surface area contributed by atoms with Crippen LogP contribution >= 0.6 is 11.8 Å². The molecule has 2 aromatic rings. The van der Waals surface area contributed by atoms with Crippen molar-refractivity contribution < 1.29 is 14.3 Å². The molecule has 4 nitrogen and oxygen atoms in total. The number of anilines is 1. The lowest BCUT2D eigenvalue weighted by Gasteiger charge is -2.13. The summed E-state index contributed by atoms with van der Waals surface area (Å²) in [7, 11) is 0. The summed E-state index contributed by atoms with van der Waals surface area (Å²) in [6, 6.07) is 11.9. The van der Waals surface area contributed by atoms with Crippen LogP contribution in [0.25, 0.3) is 6.08 Å². The number of amides is 1. The molecular formula is C16H11FN2O2S. The van der Waals surface area contributed by atoms with Gasteiger partial charge < -0.3 is 5.11 Å². The number of nitrogens with zero attached hydrogens (tertiary/aromatic N) is 1. The third-order valence-corrected chi connectivity index (χ3v) is 3.96. The number of aromatic hydroxyl groups is 1. The summed E-state index contributed by atoms with van der Waals surface area (Å²) in [5.41, 5.74) is 1.12. The SMILES string of the molecule is N=C1S/C(=C\c2cccc(O)c2)C(=O)N1c1ccc(F)cc1. The minimum Gasteiger partial charge on any atom is -0.508 e. The van der Waals surface area contributed by atoms with Crippen LogP contribution in [0.4, 0.5) is 10.1 Å². The first-order chi connectivity index (χ1) is 10.5.